The Bertz CT molecular complexity index is 453. The van der Waals surface area contributed by atoms with E-state index in [1.54, 1.807) is 6.92 Å². The zero-order valence-electron chi connectivity index (χ0n) is 24.1. The molecule has 0 aromatic rings. The first-order valence-electron chi connectivity index (χ1n) is 15.6. The molecule has 0 aliphatic rings. The zero-order valence-corrected chi connectivity index (χ0v) is 24.1. The molecule has 0 saturated heterocycles. The van der Waals surface area contributed by atoms with Gasteiger partial charge in [0.15, 0.2) is 0 Å². The maximum atomic E-state index is 12.3. The summed E-state index contributed by atoms with van der Waals surface area (Å²) in [4.78, 5) is 12.3. The highest BCUT2D eigenvalue weighted by atomic mass is 16.3. The van der Waals surface area contributed by atoms with Crippen LogP contribution in [0.4, 0.5) is 0 Å². The number of hydrogen-bond acceptors (Lipinski definition) is 3. The van der Waals surface area contributed by atoms with Crippen molar-refractivity contribution in [3.63, 3.8) is 0 Å². The van der Waals surface area contributed by atoms with Crippen LogP contribution in [0.25, 0.3) is 0 Å². The number of nitrogens with one attached hydrogen (secondary N) is 1. The summed E-state index contributed by atoms with van der Waals surface area (Å²) >= 11 is 0. The van der Waals surface area contributed by atoms with Crippen LogP contribution in [0.15, 0.2) is 0 Å². The van der Waals surface area contributed by atoms with Gasteiger partial charge in [-0.15, -0.1) is 0 Å². The van der Waals surface area contributed by atoms with Crippen molar-refractivity contribution in [2.45, 2.75) is 187 Å². The summed E-state index contributed by atoms with van der Waals surface area (Å²) < 4.78 is 0. The van der Waals surface area contributed by atoms with Crippen molar-refractivity contribution in [2.24, 2.45) is 0 Å². The second-order valence-electron chi connectivity index (χ2n) is 11.2. The van der Waals surface area contributed by atoms with Gasteiger partial charge in [0.2, 0.25) is 5.91 Å². The Balaban J connectivity index is 3.75. The summed E-state index contributed by atoms with van der Waals surface area (Å²) in [6.07, 6.45) is 29.0. The molecule has 0 aliphatic carbocycles. The van der Waals surface area contributed by atoms with E-state index in [9.17, 15) is 15.0 Å². The van der Waals surface area contributed by atoms with Crippen molar-refractivity contribution in [3.05, 3.63) is 0 Å². The largest absolute Gasteiger partial charge is 0.394 e. The van der Waals surface area contributed by atoms with Gasteiger partial charge in [-0.2, -0.15) is 0 Å². The average molecular weight is 498 g/mol. The Kier molecular flexibility index (Phi) is 24.6. The molecule has 0 heterocycles. The van der Waals surface area contributed by atoms with Crippen LogP contribution in [-0.2, 0) is 4.79 Å². The van der Waals surface area contributed by atoms with Crippen LogP contribution in [0.1, 0.15) is 175 Å². The van der Waals surface area contributed by atoms with Gasteiger partial charge in [0, 0.05) is 6.42 Å². The lowest BCUT2D eigenvalue weighted by atomic mass is 9.90. The summed E-state index contributed by atoms with van der Waals surface area (Å²) in [7, 11) is 0. The predicted octanol–water partition coefficient (Wildman–Crippen LogP) is 8.62. The lowest BCUT2D eigenvalue weighted by Gasteiger charge is -2.32. The lowest BCUT2D eigenvalue weighted by molar-refractivity contribution is -0.125. The lowest BCUT2D eigenvalue weighted by Crippen LogP contribution is -2.53. The minimum absolute atomic E-state index is 0.0439. The number of unbranched alkanes of at least 4 members (excludes halogenated alkanes) is 20. The number of aliphatic hydroxyl groups is 2. The highest BCUT2D eigenvalue weighted by Gasteiger charge is 2.31. The monoisotopic (exact) mass is 497 g/mol. The quantitative estimate of drug-likeness (QED) is 0.0995. The van der Waals surface area contributed by atoms with Crippen LogP contribution < -0.4 is 5.32 Å². The second-order valence-corrected chi connectivity index (χ2v) is 11.2. The first-order valence-corrected chi connectivity index (χ1v) is 15.6. The van der Waals surface area contributed by atoms with E-state index in [-0.39, 0.29) is 12.5 Å². The van der Waals surface area contributed by atoms with Gasteiger partial charge in [-0.05, 0) is 19.8 Å². The van der Waals surface area contributed by atoms with Crippen molar-refractivity contribution in [1.29, 1.82) is 0 Å². The summed E-state index contributed by atoms with van der Waals surface area (Å²) in [6, 6.07) is -0.578. The van der Waals surface area contributed by atoms with Gasteiger partial charge in [-0.3, -0.25) is 4.79 Å². The van der Waals surface area contributed by atoms with Crippen LogP contribution in [0.2, 0.25) is 0 Å². The molecule has 0 spiro atoms. The zero-order chi connectivity index (χ0) is 26.0. The maximum absolute atomic E-state index is 12.3. The Hall–Kier alpha value is -0.610. The second kappa shape index (κ2) is 25.1. The molecule has 0 aromatic carbocycles. The maximum Gasteiger partial charge on any atom is 0.220 e. The topological polar surface area (TPSA) is 69.6 Å². The SMILES string of the molecule is CCCCCCCCCCCCCCC[C@](C)(O)[C@H](CO)NC(=O)CCCCCCCCCCC. The standard InChI is InChI=1S/C31H63NO3/c1-4-6-8-10-12-14-15-16-17-19-21-23-25-27-31(3,35)29(28-33)32-30(34)26-24-22-20-18-13-11-9-7-5-2/h29,33,35H,4-28H2,1-3H3,(H,32,34)/t29-,31-/m0/s1. The summed E-state index contributed by atoms with van der Waals surface area (Å²) in [5, 5.41) is 23.5. The number of aliphatic hydroxyl groups excluding tert-OH is 1. The minimum atomic E-state index is -1.05. The molecule has 0 unspecified atom stereocenters. The molecule has 35 heavy (non-hydrogen) atoms. The number of carbonyl (C=O) groups is 1. The van der Waals surface area contributed by atoms with Gasteiger partial charge < -0.3 is 15.5 Å². The van der Waals surface area contributed by atoms with E-state index in [1.807, 2.05) is 0 Å². The summed E-state index contributed by atoms with van der Waals surface area (Å²) in [6.45, 7) is 6.05. The van der Waals surface area contributed by atoms with E-state index in [0.29, 0.717) is 12.8 Å². The fourth-order valence-corrected chi connectivity index (χ4v) is 4.94. The third kappa shape index (κ3) is 22.3. The molecule has 4 nitrogen and oxygen atoms in total. The smallest absolute Gasteiger partial charge is 0.220 e. The molecule has 2 atom stereocenters. The van der Waals surface area contributed by atoms with Gasteiger partial charge in [-0.1, -0.05) is 149 Å². The number of rotatable bonds is 27. The Labute approximate surface area is 219 Å². The van der Waals surface area contributed by atoms with E-state index in [2.05, 4.69) is 19.2 Å². The van der Waals surface area contributed by atoms with Crippen LogP contribution in [0.5, 0.6) is 0 Å². The third-order valence-electron chi connectivity index (χ3n) is 7.56. The van der Waals surface area contributed by atoms with Crippen molar-refractivity contribution in [2.75, 3.05) is 6.61 Å². The van der Waals surface area contributed by atoms with Gasteiger partial charge in [0.25, 0.3) is 0 Å². The van der Waals surface area contributed by atoms with Gasteiger partial charge in [0.05, 0.1) is 18.2 Å². The van der Waals surface area contributed by atoms with E-state index >= 15 is 0 Å². The first kappa shape index (κ1) is 34.4. The van der Waals surface area contributed by atoms with E-state index in [0.717, 1.165) is 25.7 Å². The number of hydrogen-bond donors (Lipinski definition) is 3. The number of carbonyl (C=O) groups excluding carboxylic acids is 1. The van der Waals surface area contributed by atoms with Crippen LogP contribution in [0, 0.1) is 0 Å². The van der Waals surface area contributed by atoms with Crippen molar-refractivity contribution in [1.82, 2.24) is 5.32 Å². The molecule has 3 N–H and O–H groups in total. The Morgan fingerprint density at radius 3 is 1.34 bits per heavy atom. The third-order valence-corrected chi connectivity index (χ3v) is 7.56. The fraction of sp³-hybridized carbons (Fsp3) is 0.968. The van der Waals surface area contributed by atoms with Gasteiger partial charge >= 0.3 is 0 Å². The Morgan fingerprint density at radius 1 is 0.629 bits per heavy atom. The Morgan fingerprint density at radius 2 is 0.971 bits per heavy atom. The van der Waals surface area contributed by atoms with Gasteiger partial charge in [-0.25, -0.2) is 0 Å². The van der Waals surface area contributed by atoms with Crippen LogP contribution in [-0.4, -0.2) is 34.4 Å². The van der Waals surface area contributed by atoms with Crippen molar-refractivity contribution >= 4 is 5.91 Å². The fourth-order valence-electron chi connectivity index (χ4n) is 4.94. The normalized spacial score (nSPS) is 14.1. The van der Waals surface area contributed by atoms with Gasteiger partial charge in [0.1, 0.15) is 0 Å². The molecule has 0 aromatic heterocycles. The van der Waals surface area contributed by atoms with E-state index < -0.39 is 11.6 Å². The molecule has 0 radical (unpaired) electrons. The predicted molar refractivity (Wildman–Crippen MR) is 152 cm³/mol. The van der Waals surface area contributed by atoms with Crippen molar-refractivity contribution < 1.29 is 15.0 Å². The summed E-state index contributed by atoms with van der Waals surface area (Å²) in [5.74, 6) is -0.0439. The molecule has 0 aliphatic heterocycles. The molecule has 0 rings (SSSR count). The molecular formula is C31H63NO3. The average Bonchev–Trinajstić information content (AvgIpc) is 2.84. The first-order chi connectivity index (χ1) is 17.0. The molecule has 1 amide bonds. The van der Waals surface area contributed by atoms with E-state index in [4.69, 9.17) is 0 Å². The van der Waals surface area contributed by atoms with Crippen LogP contribution >= 0.6 is 0 Å². The molecule has 0 saturated carbocycles. The number of amides is 1. The van der Waals surface area contributed by atoms with Crippen LogP contribution in [0.3, 0.4) is 0 Å². The molecular weight excluding hydrogens is 434 g/mol. The summed E-state index contributed by atoms with van der Waals surface area (Å²) in [5.41, 5.74) is -1.05. The highest BCUT2D eigenvalue weighted by molar-refractivity contribution is 5.76. The van der Waals surface area contributed by atoms with E-state index in [1.165, 1.54) is 116 Å². The molecule has 0 bridgehead atoms. The molecule has 4 heteroatoms. The molecule has 210 valence electrons. The highest BCUT2D eigenvalue weighted by Crippen LogP contribution is 2.21. The molecule has 0 fully saturated rings. The van der Waals surface area contributed by atoms with Crippen molar-refractivity contribution in [3.8, 4) is 0 Å². The minimum Gasteiger partial charge on any atom is -0.394 e.